The average Bonchev–Trinajstić information content (AvgIpc) is 2.87. The first-order chi connectivity index (χ1) is 17.7. The molecule has 0 bridgehead atoms. The fourth-order valence-electron chi connectivity index (χ4n) is 4.44. The molecule has 0 unspecified atom stereocenters. The van der Waals surface area contributed by atoms with E-state index >= 15 is 0 Å². The van der Waals surface area contributed by atoms with E-state index in [2.05, 4.69) is 29.8 Å². The third kappa shape index (κ3) is 8.35. The molecule has 4 rings (SSSR count). The number of hydrogen-bond acceptors (Lipinski definition) is 8. The number of aromatic nitrogens is 2. The number of anilines is 2. The lowest BCUT2D eigenvalue weighted by Gasteiger charge is -2.37. The van der Waals surface area contributed by atoms with E-state index in [0.29, 0.717) is 70.2 Å². The van der Waals surface area contributed by atoms with Crippen molar-refractivity contribution in [1.29, 1.82) is 0 Å². The van der Waals surface area contributed by atoms with Crippen molar-refractivity contribution in [2.24, 2.45) is 5.92 Å². The molecule has 0 atom stereocenters. The van der Waals surface area contributed by atoms with Crippen LogP contribution in [0.15, 0.2) is 36.7 Å². The molecular weight excluding hydrogens is 529 g/mol. The van der Waals surface area contributed by atoms with Gasteiger partial charge in [0.25, 0.3) is 0 Å². The third-order valence-corrected chi connectivity index (χ3v) is 6.51. The van der Waals surface area contributed by atoms with Gasteiger partial charge >= 0.3 is 12.3 Å². The smallest absolute Gasteiger partial charge is 0.481 e. The Labute approximate surface area is 224 Å². The second-order valence-corrected chi connectivity index (χ2v) is 9.07. The van der Waals surface area contributed by atoms with Crippen molar-refractivity contribution in [2.75, 3.05) is 56.0 Å². The normalized spacial score (nSPS) is 17.0. The first-order valence-electron chi connectivity index (χ1n) is 12.0. The molecule has 0 radical (unpaired) electrons. The lowest BCUT2D eigenvalue weighted by Crippen LogP contribution is -2.51. The van der Waals surface area contributed by atoms with Crippen LogP contribution < -0.4 is 15.0 Å². The number of likely N-dealkylation sites (tertiary alicyclic amines) is 1. The minimum atomic E-state index is -4.74. The topological polar surface area (TPSA) is 111 Å². The second kappa shape index (κ2) is 13.0. The van der Waals surface area contributed by atoms with Gasteiger partial charge in [0.15, 0.2) is 0 Å². The standard InChI is InChI=1S/C24H29F3N6O4.ClH/c25-24(26,27)37-20-3-1-2-17(12-20)13-28-23-29-14-19(15-30-23)32-10-8-31(9-11-32)16-21(34)33-6-4-18(5-7-33)22(35)36;/h1-3,12,14-15,18H,4-11,13,16H2,(H,35,36)(H,28,29,30);1H. The van der Waals surface area contributed by atoms with Crippen molar-refractivity contribution in [2.45, 2.75) is 25.7 Å². The number of amides is 1. The summed E-state index contributed by atoms with van der Waals surface area (Å²) in [4.78, 5) is 38.3. The largest absolute Gasteiger partial charge is 0.573 e. The Balaban J connectivity index is 0.00000400. The van der Waals surface area contributed by atoms with E-state index in [4.69, 9.17) is 5.11 Å². The molecule has 2 N–H and O–H groups in total. The predicted molar refractivity (Wildman–Crippen MR) is 135 cm³/mol. The van der Waals surface area contributed by atoms with Crippen LogP contribution in [-0.2, 0) is 16.1 Å². The van der Waals surface area contributed by atoms with Crippen LogP contribution in [0.2, 0.25) is 0 Å². The van der Waals surface area contributed by atoms with Gasteiger partial charge in [0.1, 0.15) is 5.75 Å². The number of carboxylic acid groups (broad SMARTS) is 1. The molecule has 1 amide bonds. The van der Waals surface area contributed by atoms with Crippen LogP contribution >= 0.6 is 12.4 Å². The molecule has 0 saturated carbocycles. The highest BCUT2D eigenvalue weighted by Crippen LogP contribution is 2.24. The van der Waals surface area contributed by atoms with E-state index in [1.807, 2.05) is 0 Å². The molecule has 2 aliphatic rings. The summed E-state index contributed by atoms with van der Waals surface area (Å²) in [5.41, 5.74) is 1.43. The molecule has 2 fully saturated rings. The Hall–Kier alpha value is -3.32. The van der Waals surface area contributed by atoms with Crippen LogP contribution in [0.3, 0.4) is 0 Å². The van der Waals surface area contributed by atoms with Gasteiger partial charge in [0.05, 0.1) is 30.5 Å². The molecule has 2 aromatic rings. The third-order valence-electron chi connectivity index (χ3n) is 6.51. The molecular formula is C24H30ClF3N6O4. The molecule has 1 aromatic carbocycles. The van der Waals surface area contributed by atoms with E-state index in [0.717, 1.165) is 5.69 Å². The number of piperazine rings is 1. The van der Waals surface area contributed by atoms with Gasteiger partial charge in [-0.15, -0.1) is 25.6 Å². The predicted octanol–water partition coefficient (Wildman–Crippen LogP) is 2.85. The van der Waals surface area contributed by atoms with Crippen LogP contribution in [0, 0.1) is 5.92 Å². The maximum atomic E-state index is 12.6. The van der Waals surface area contributed by atoms with Crippen molar-refractivity contribution in [1.82, 2.24) is 19.8 Å². The number of piperidine rings is 1. The number of nitrogens with zero attached hydrogens (tertiary/aromatic N) is 5. The molecule has 3 heterocycles. The molecule has 10 nitrogen and oxygen atoms in total. The lowest BCUT2D eigenvalue weighted by atomic mass is 9.97. The minimum absolute atomic E-state index is 0. The van der Waals surface area contributed by atoms with E-state index in [1.54, 1.807) is 23.4 Å². The van der Waals surface area contributed by atoms with Crippen molar-refractivity contribution in [3.05, 3.63) is 42.2 Å². The van der Waals surface area contributed by atoms with Crippen molar-refractivity contribution in [3.8, 4) is 5.75 Å². The fraction of sp³-hybridized carbons (Fsp3) is 0.500. The molecule has 208 valence electrons. The van der Waals surface area contributed by atoms with Crippen molar-refractivity contribution in [3.63, 3.8) is 0 Å². The highest BCUT2D eigenvalue weighted by Gasteiger charge is 2.31. The Bertz CT molecular complexity index is 1080. The number of ether oxygens (including phenoxy) is 1. The van der Waals surface area contributed by atoms with Crippen LogP contribution in [0.4, 0.5) is 24.8 Å². The van der Waals surface area contributed by atoms with E-state index in [9.17, 15) is 22.8 Å². The number of carboxylic acids is 1. The highest BCUT2D eigenvalue weighted by molar-refractivity contribution is 5.85. The van der Waals surface area contributed by atoms with Crippen molar-refractivity contribution >= 4 is 35.9 Å². The minimum Gasteiger partial charge on any atom is -0.481 e. The summed E-state index contributed by atoms with van der Waals surface area (Å²) < 4.78 is 41.2. The summed E-state index contributed by atoms with van der Waals surface area (Å²) in [7, 11) is 0. The number of carbonyl (C=O) groups excluding carboxylic acids is 1. The molecule has 38 heavy (non-hydrogen) atoms. The quantitative estimate of drug-likeness (QED) is 0.505. The zero-order valence-electron chi connectivity index (χ0n) is 20.6. The van der Waals surface area contributed by atoms with E-state index < -0.39 is 12.3 Å². The number of halogens is 4. The summed E-state index contributed by atoms with van der Waals surface area (Å²) in [5.74, 6) is -1.05. The van der Waals surface area contributed by atoms with Gasteiger partial charge in [-0.1, -0.05) is 12.1 Å². The molecule has 2 aliphatic heterocycles. The summed E-state index contributed by atoms with van der Waals surface area (Å²) in [6.07, 6.45) is -0.373. The number of benzene rings is 1. The second-order valence-electron chi connectivity index (χ2n) is 9.07. The van der Waals surface area contributed by atoms with Gasteiger partial charge in [0, 0.05) is 45.8 Å². The van der Waals surface area contributed by atoms with Crippen molar-refractivity contribution < 1.29 is 32.6 Å². The molecule has 14 heteroatoms. The van der Waals surface area contributed by atoms with Crippen LogP contribution in [0.5, 0.6) is 5.75 Å². The lowest BCUT2D eigenvalue weighted by molar-refractivity contribution is -0.274. The monoisotopic (exact) mass is 558 g/mol. The van der Waals surface area contributed by atoms with Gasteiger partial charge in [-0.05, 0) is 30.5 Å². The van der Waals surface area contributed by atoms with Crippen LogP contribution in [0.25, 0.3) is 0 Å². The summed E-state index contributed by atoms with van der Waals surface area (Å²) in [6, 6.07) is 5.70. The number of hydrogen-bond donors (Lipinski definition) is 2. The Morgan fingerprint density at radius 3 is 2.32 bits per heavy atom. The summed E-state index contributed by atoms with van der Waals surface area (Å²) >= 11 is 0. The van der Waals surface area contributed by atoms with Gasteiger partial charge < -0.3 is 25.0 Å². The Morgan fingerprint density at radius 2 is 1.71 bits per heavy atom. The number of carbonyl (C=O) groups is 2. The zero-order valence-corrected chi connectivity index (χ0v) is 21.4. The molecule has 0 aliphatic carbocycles. The number of aliphatic carboxylic acids is 1. The summed E-state index contributed by atoms with van der Waals surface area (Å²) in [5, 5.41) is 12.1. The van der Waals surface area contributed by atoms with Gasteiger partial charge in [-0.3, -0.25) is 14.5 Å². The first kappa shape index (κ1) is 29.2. The molecule has 2 saturated heterocycles. The first-order valence-corrected chi connectivity index (χ1v) is 12.0. The van der Waals surface area contributed by atoms with E-state index in [1.165, 1.54) is 18.2 Å². The van der Waals surface area contributed by atoms with Crippen LogP contribution in [-0.4, -0.2) is 88.9 Å². The zero-order chi connectivity index (χ0) is 26.4. The van der Waals surface area contributed by atoms with Gasteiger partial charge in [-0.25, -0.2) is 9.97 Å². The SMILES string of the molecule is Cl.O=C(O)C1CCN(C(=O)CN2CCN(c3cnc(NCc4cccc(OC(F)(F)F)c4)nc3)CC2)CC1. The fourth-order valence-corrected chi connectivity index (χ4v) is 4.44. The number of rotatable bonds is 8. The molecule has 1 aromatic heterocycles. The van der Waals surface area contributed by atoms with E-state index in [-0.39, 0.29) is 36.5 Å². The maximum absolute atomic E-state index is 12.6. The van der Waals surface area contributed by atoms with Crippen LogP contribution in [0.1, 0.15) is 18.4 Å². The molecule has 0 spiro atoms. The summed E-state index contributed by atoms with van der Waals surface area (Å²) in [6.45, 7) is 4.34. The number of nitrogens with one attached hydrogen (secondary N) is 1. The Morgan fingerprint density at radius 1 is 1.05 bits per heavy atom. The number of alkyl halides is 3. The average molecular weight is 559 g/mol. The van der Waals surface area contributed by atoms with Gasteiger partial charge in [-0.2, -0.15) is 0 Å². The Kier molecular flexibility index (Phi) is 9.97. The highest BCUT2D eigenvalue weighted by atomic mass is 35.5. The van der Waals surface area contributed by atoms with Gasteiger partial charge in [0.2, 0.25) is 11.9 Å². The maximum Gasteiger partial charge on any atom is 0.573 e.